The monoisotopic (exact) mass is 350 g/mol. The quantitative estimate of drug-likeness (QED) is 0.817. The molecule has 4 heteroatoms. The Morgan fingerprint density at radius 2 is 2.15 bits per heavy atom. The topological polar surface area (TPSA) is 45.5 Å². The van der Waals surface area contributed by atoms with Crippen LogP contribution in [0.2, 0.25) is 0 Å². The number of amides is 1. The van der Waals surface area contributed by atoms with Crippen LogP contribution in [0.1, 0.15) is 47.9 Å². The van der Waals surface area contributed by atoms with Crippen LogP contribution < -0.4 is 10.2 Å². The molecule has 0 fully saturated rings. The van der Waals surface area contributed by atoms with E-state index in [1.54, 1.807) is 12.3 Å². The van der Waals surface area contributed by atoms with Crippen LogP contribution in [0.5, 0.6) is 0 Å². The fraction of sp³-hybridized carbons (Fsp3) is 0.409. The van der Waals surface area contributed by atoms with Crippen LogP contribution in [-0.2, 0) is 13.0 Å². The molecule has 1 aliphatic carbocycles. The van der Waals surface area contributed by atoms with Gasteiger partial charge in [0.25, 0.3) is 5.91 Å². The molecule has 0 bridgehead atoms. The Morgan fingerprint density at radius 3 is 3.00 bits per heavy atom. The maximum Gasteiger partial charge on any atom is 0.254 e. The number of hydrogen-bond acceptors (Lipinski definition) is 3. The number of allylic oxidation sites excluding steroid dienone is 2. The van der Waals surface area contributed by atoms with Crippen LogP contribution in [0.15, 0.2) is 53.2 Å². The van der Waals surface area contributed by atoms with E-state index in [1.807, 2.05) is 0 Å². The summed E-state index contributed by atoms with van der Waals surface area (Å²) in [5.74, 6) is 1.27. The van der Waals surface area contributed by atoms with Crippen molar-refractivity contribution in [2.24, 2.45) is 5.92 Å². The van der Waals surface area contributed by atoms with E-state index in [0.717, 1.165) is 38.0 Å². The Kier molecular flexibility index (Phi) is 4.83. The number of hydrogen-bond donors (Lipinski definition) is 1. The molecular formula is C22H26N2O2. The molecule has 1 aromatic heterocycles. The lowest BCUT2D eigenvalue weighted by molar-refractivity contribution is 0.0944. The zero-order valence-corrected chi connectivity index (χ0v) is 15.3. The van der Waals surface area contributed by atoms with Gasteiger partial charge in [-0.1, -0.05) is 30.4 Å². The lowest BCUT2D eigenvalue weighted by Crippen LogP contribution is -2.32. The number of benzene rings is 1. The van der Waals surface area contributed by atoms with Crippen LogP contribution in [0, 0.1) is 5.92 Å². The smallest absolute Gasteiger partial charge is 0.254 e. The van der Waals surface area contributed by atoms with Crippen molar-refractivity contribution in [2.75, 3.05) is 11.4 Å². The number of anilines is 1. The van der Waals surface area contributed by atoms with E-state index in [2.05, 4.69) is 53.6 Å². The summed E-state index contributed by atoms with van der Waals surface area (Å²) in [5.41, 5.74) is 3.27. The number of nitrogens with one attached hydrogen (secondary N) is 1. The van der Waals surface area contributed by atoms with Crippen molar-refractivity contribution >= 4 is 11.6 Å². The first-order valence-corrected chi connectivity index (χ1v) is 9.56. The Hall–Kier alpha value is -2.49. The summed E-state index contributed by atoms with van der Waals surface area (Å²) in [4.78, 5) is 15.0. The van der Waals surface area contributed by atoms with Crippen molar-refractivity contribution < 1.29 is 9.21 Å². The van der Waals surface area contributed by atoms with E-state index in [9.17, 15) is 4.79 Å². The van der Waals surface area contributed by atoms with Crippen LogP contribution in [0.3, 0.4) is 0 Å². The molecule has 0 radical (unpaired) electrons. The van der Waals surface area contributed by atoms with Crippen molar-refractivity contribution in [1.29, 1.82) is 0 Å². The molecule has 4 nitrogen and oxygen atoms in total. The second-order valence-corrected chi connectivity index (χ2v) is 7.43. The van der Waals surface area contributed by atoms with E-state index in [1.165, 1.54) is 11.3 Å². The Morgan fingerprint density at radius 1 is 1.27 bits per heavy atom. The largest absolute Gasteiger partial charge is 0.467 e. The number of nitrogens with zero attached hydrogens (tertiary/aromatic N) is 1. The van der Waals surface area contributed by atoms with Gasteiger partial charge in [0, 0.05) is 18.3 Å². The molecule has 0 saturated carbocycles. The number of furan rings is 1. The fourth-order valence-electron chi connectivity index (χ4n) is 4.06. The Balaban J connectivity index is 1.43. The highest BCUT2D eigenvalue weighted by atomic mass is 16.3. The predicted octanol–water partition coefficient (Wildman–Crippen LogP) is 4.32. The number of rotatable bonds is 5. The minimum Gasteiger partial charge on any atom is -0.467 e. The number of carbonyl (C=O) groups is 1. The molecule has 0 spiro atoms. The molecule has 136 valence electrons. The zero-order valence-electron chi connectivity index (χ0n) is 15.3. The van der Waals surface area contributed by atoms with Gasteiger partial charge in [-0.05, 0) is 56.2 Å². The van der Waals surface area contributed by atoms with Gasteiger partial charge < -0.3 is 14.6 Å². The molecule has 2 atom stereocenters. The van der Waals surface area contributed by atoms with Crippen LogP contribution in [0.4, 0.5) is 5.69 Å². The summed E-state index contributed by atoms with van der Waals surface area (Å²) in [6, 6.07) is 10.7. The van der Waals surface area contributed by atoms with Gasteiger partial charge in [-0.3, -0.25) is 4.79 Å². The molecule has 2 aromatic rings. The molecule has 1 amide bonds. The van der Waals surface area contributed by atoms with E-state index in [0.29, 0.717) is 24.1 Å². The minimum atomic E-state index is -0.0246. The highest BCUT2D eigenvalue weighted by molar-refractivity contribution is 5.95. The van der Waals surface area contributed by atoms with E-state index < -0.39 is 0 Å². The number of carbonyl (C=O) groups excluding carboxylic acids is 1. The first kappa shape index (κ1) is 17.0. The van der Waals surface area contributed by atoms with Gasteiger partial charge in [0.1, 0.15) is 5.76 Å². The summed E-state index contributed by atoms with van der Waals surface area (Å²) in [7, 11) is 0. The van der Waals surface area contributed by atoms with Crippen LogP contribution >= 0.6 is 0 Å². The zero-order chi connectivity index (χ0) is 17.9. The second kappa shape index (κ2) is 7.40. The maximum absolute atomic E-state index is 12.7. The lowest BCUT2D eigenvalue weighted by atomic mass is 9.94. The fourth-order valence-corrected chi connectivity index (χ4v) is 4.06. The Labute approximate surface area is 154 Å². The highest BCUT2D eigenvalue weighted by Crippen LogP contribution is 2.33. The average Bonchev–Trinajstić information content (AvgIpc) is 3.26. The van der Waals surface area contributed by atoms with Gasteiger partial charge in [0.2, 0.25) is 0 Å². The van der Waals surface area contributed by atoms with E-state index in [4.69, 9.17) is 4.42 Å². The van der Waals surface area contributed by atoms with Gasteiger partial charge in [-0.25, -0.2) is 0 Å². The molecule has 2 heterocycles. The molecule has 1 aliphatic heterocycles. The summed E-state index contributed by atoms with van der Waals surface area (Å²) in [6.45, 7) is 3.58. The molecule has 0 saturated heterocycles. The first-order chi connectivity index (χ1) is 12.7. The van der Waals surface area contributed by atoms with Crippen molar-refractivity contribution in [3.8, 4) is 0 Å². The van der Waals surface area contributed by atoms with Crippen LogP contribution in [0.25, 0.3) is 0 Å². The van der Waals surface area contributed by atoms with Gasteiger partial charge in [0.15, 0.2) is 0 Å². The molecule has 1 N–H and O–H groups in total. The number of para-hydroxylation sites is 1. The molecule has 1 aromatic carbocycles. The minimum absolute atomic E-state index is 0.0246. The molecule has 26 heavy (non-hydrogen) atoms. The lowest BCUT2D eigenvalue weighted by Gasteiger charge is -2.24. The summed E-state index contributed by atoms with van der Waals surface area (Å²) in [5, 5.41) is 3.10. The molecule has 2 aliphatic rings. The van der Waals surface area contributed by atoms with Gasteiger partial charge in [-0.2, -0.15) is 0 Å². The Bertz CT molecular complexity index is 808. The van der Waals surface area contributed by atoms with Crippen molar-refractivity contribution in [2.45, 2.75) is 45.2 Å². The third-order valence-electron chi connectivity index (χ3n) is 5.58. The van der Waals surface area contributed by atoms with Gasteiger partial charge >= 0.3 is 0 Å². The van der Waals surface area contributed by atoms with Gasteiger partial charge in [-0.15, -0.1) is 0 Å². The number of fused-ring (bicyclic) bond motifs is 1. The predicted molar refractivity (Wildman–Crippen MR) is 103 cm³/mol. The van der Waals surface area contributed by atoms with Gasteiger partial charge in [0.05, 0.1) is 18.4 Å². The van der Waals surface area contributed by atoms with Crippen molar-refractivity contribution in [3.63, 3.8) is 0 Å². The molecular weight excluding hydrogens is 324 g/mol. The third-order valence-corrected chi connectivity index (χ3v) is 5.58. The van der Waals surface area contributed by atoms with Crippen LogP contribution in [-0.4, -0.2) is 18.5 Å². The first-order valence-electron chi connectivity index (χ1n) is 9.56. The SMILES string of the molecule is CC1Cc2ccccc2N1Cc1occc1C(=O)NCC1CC=CCC1. The maximum atomic E-state index is 12.7. The standard InChI is InChI=1S/C22H26N2O2/c1-16-13-18-9-5-6-10-20(18)24(16)15-21-19(11-12-26-21)22(25)23-14-17-7-3-2-4-8-17/h2-3,5-6,9-12,16-17H,4,7-8,13-15H2,1H3,(H,23,25). The summed E-state index contributed by atoms with van der Waals surface area (Å²) < 4.78 is 5.69. The highest BCUT2D eigenvalue weighted by Gasteiger charge is 2.28. The van der Waals surface area contributed by atoms with Crippen molar-refractivity contribution in [1.82, 2.24) is 5.32 Å². The van der Waals surface area contributed by atoms with E-state index >= 15 is 0 Å². The van der Waals surface area contributed by atoms with E-state index in [-0.39, 0.29) is 5.91 Å². The molecule has 2 unspecified atom stereocenters. The normalized spacial score (nSPS) is 21.7. The second-order valence-electron chi connectivity index (χ2n) is 7.43. The third kappa shape index (κ3) is 3.41. The summed E-state index contributed by atoms with van der Waals surface area (Å²) >= 11 is 0. The summed E-state index contributed by atoms with van der Waals surface area (Å²) in [6.07, 6.45) is 10.4. The van der Waals surface area contributed by atoms with Crippen molar-refractivity contribution in [3.05, 3.63) is 65.6 Å². The average molecular weight is 350 g/mol. The molecule has 4 rings (SSSR count).